The second-order valence-corrected chi connectivity index (χ2v) is 5.27. The number of hydrogen-bond donors (Lipinski definition) is 2. The number of halogens is 1. The van der Waals surface area contributed by atoms with Gasteiger partial charge >= 0.3 is 0 Å². The molecule has 0 aliphatic heterocycles. The second-order valence-electron chi connectivity index (χ2n) is 5.27. The maximum Gasteiger partial charge on any atom is 0.191 e. The van der Waals surface area contributed by atoms with E-state index in [1.807, 2.05) is 13.8 Å². The molecule has 1 atom stereocenters. The van der Waals surface area contributed by atoms with Crippen LogP contribution in [0.1, 0.15) is 26.7 Å². The molecule has 23 heavy (non-hydrogen) atoms. The Morgan fingerprint density at radius 2 is 2.00 bits per heavy atom. The van der Waals surface area contributed by atoms with Gasteiger partial charge < -0.3 is 20.1 Å². The fourth-order valence-electron chi connectivity index (χ4n) is 1.97. The van der Waals surface area contributed by atoms with E-state index in [9.17, 15) is 4.39 Å². The first-order chi connectivity index (χ1) is 11.2. The summed E-state index contributed by atoms with van der Waals surface area (Å²) in [6.45, 7) is 6.86. The predicted octanol–water partition coefficient (Wildman–Crippen LogP) is 2.57. The fourth-order valence-corrected chi connectivity index (χ4v) is 1.97. The number of hydrogen-bond acceptors (Lipinski definition) is 3. The Balaban J connectivity index is 2.22. The van der Waals surface area contributed by atoms with E-state index in [-0.39, 0.29) is 11.9 Å². The minimum absolute atomic E-state index is 0.208. The van der Waals surface area contributed by atoms with Gasteiger partial charge in [-0.2, -0.15) is 0 Å². The van der Waals surface area contributed by atoms with Gasteiger partial charge in [0.15, 0.2) is 5.96 Å². The number of rotatable bonds is 10. The second kappa shape index (κ2) is 11.7. The lowest BCUT2D eigenvalue weighted by atomic mass is 10.3. The summed E-state index contributed by atoms with van der Waals surface area (Å²) in [4.78, 5) is 4.53. The summed E-state index contributed by atoms with van der Waals surface area (Å²) in [6.07, 6.45) is 1.82. The van der Waals surface area contributed by atoms with E-state index >= 15 is 0 Å². The van der Waals surface area contributed by atoms with Crippen LogP contribution in [-0.2, 0) is 4.74 Å². The largest absolute Gasteiger partial charge is 0.494 e. The van der Waals surface area contributed by atoms with Crippen molar-refractivity contribution in [2.24, 2.45) is 4.99 Å². The van der Waals surface area contributed by atoms with Gasteiger partial charge in [0.1, 0.15) is 11.6 Å². The van der Waals surface area contributed by atoms with Gasteiger partial charge in [-0.05, 0) is 51.0 Å². The Kier molecular flexibility index (Phi) is 9.79. The van der Waals surface area contributed by atoms with Gasteiger partial charge in [0.25, 0.3) is 0 Å². The predicted molar refractivity (Wildman–Crippen MR) is 91.6 cm³/mol. The number of methoxy groups -OCH3 is 1. The van der Waals surface area contributed by atoms with Gasteiger partial charge in [-0.3, -0.25) is 4.99 Å². The Hall–Kier alpha value is -1.82. The molecule has 130 valence electrons. The molecule has 1 aromatic carbocycles. The highest BCUT2D eigenvalue weighted by Gasteiger charge is 2.03. The van der Waals surface area contributed by atoms with Gasteiger partial charge in [-0.1, -0.05) is 0 Å². The first-order valence-corrected chi connectivity index (χ1v) is 8.07. The molecule has 0 amide bonds. The molecule has 1 unspecified atom stereocenters. The lowest BCUT2D eigenvalue weighted by Crippen LogP contribution is -2.44. The zero-order valence-electron chi connectivity index (χ0n) is 14.3. The fraction of sp³-hybridized carbons (Fsp3) is 0.588. The number of benzene rings is 1. The summed E-state index contributed by atoms with van der Waals surface area (Å²) in [5.74, 6) is 1.24. The third-order valence-electron chi connectivity index (χ3n) is 3.05. The normalized spacial score (nSPS) is 12.8. The van der Waals surface area contributed by atoms with Crippen molar-refractivity contribution < 1.29 is 13.9 Å². The van der Waals surface area contributed by atoms with Crippen molar-refractivity contribution in [1.29, 1.82) is 0 Å². The van der Waals surface area contributed by atoms with Crippen molar-refractivity contribution in [2.75, 3.05) is 33.4 Å². The summed E-state index contributed by atoms with van der Waals surface area (Å²) in [7, 11) is 1.68. The minimum Gasteiger partial charge on any atom is -0.494 e. The van der Waals surface area contributed by atoms with Crippen LogP contribution in [0.3, 0.4) is 0 Å². The summed E-state index contributed by atoms with van der Waals surface area (Å²) in [5.41, 5.74) is 0. The maximum absolute atomic E-state index is 12.8. The smallest absolute Gasteiger partial charge is 0.191 e. The third-order valence-corrected chi connectivity index (χ3v) is 3.05. The summed E-state index contributed by atoms with van der Waals surface area (Å²) in [5, 5.41) is 6.50. The highest BCUT2D eigenvalue weighted by atomic mass is 19.1. The SMILES string of the molecule is CCNC(=NCCCCOc1ccc(F)cc1)NC(C)COC. The lowest BCUT2D eigenvalue weighted by molar-refractivity contribution is 0.179. The van der Waals surface area contributed by atoms with E-state index in [1.54, 1.807) is 19.2 Å². The summed E-state index contributed by atoms with van der Waals surface area (Å²) < 4.78 is 23.4. The van der Waals surface area contributed by atoms with Crippen LogP contribution >= 0.6 is 0 Å². The van der Waals surface area contributed by atoms with Crippen molar-refractivity contribution in [3.8, 4) is 5.75 Å². The molecule has 1 aromatic rings. The average molecular weight is 325 g/mol. The van der Waals surface area contributed by atoms with Gasteiger partial charge in [0, 0.05) is 26.2 Å². The molecular formula is C17H28FN3O2. The molecule has 0 bridgehead atoms. The van der Waals surface area contributed by atoms with Crippen molar-refractivity contribution in [3.63, 3.8) is 0 Å². The van der Waals surface area contributed by atoms with Crippen LogP contribution in [0.15, 0.2) is 29.3 Å². The van der Waals surface area contributed by atoms with Crippen molar-refractivity contribution in [2.45, 2.75) is 32.7 Å². The quantitative estimate of drug-likeness (QED) is 0.394. The zero-order valence-corrected chi connectivity index (χ0v) is 14.3. The van der Waals surface area contributed by atoms with Gasteiger partial charge in [0.05, 0.1) is 13.2 Å². The van der Waals surface area contributed by atoms with E-state index in [4.69, 9.17) is 9.47 Å². The van der Waals surface area contributed by atoms with Crippen LogP contribution in [0.25, 0.3) is 0 Å². The Bertz CT molecular complexity index is 452. The van der Waals surface area contributed by atoms with Gasteiger partial charge in [0.2, 0.25) is 0 Å². The topological polar surface area (TPSA) is 54.9 Å². The maximum atomic E-state index is 12.8. The summed E-state index contributed by atoms with van der Waals surface area (Å²) in [6, 6.07) is 6.28. The zero-order chi connectivity index (χ0) is 16.9. The molecule has 2 N–H and O–H groups in total. The van der Waals surface area contributed by atoms with Gasteiger partial charge in [-0.15, -0.1) is 0 Å². The number of guanidine groups is 1. The minimum atomic E-state index is -0.252. The highest BCUT2D eigenvalue weighted by Crippen LogP contribution is 2.11. The molecule has 0 radical (unpaired) electrons. The Morgan fingerprint density at radius 3 is 2.65 bits per heavy atom. The number of unbranched alkanes of at least 4 members (excludes halogenated alkanes) is 1. The highest BCUT2D eigenvalue weighted by molar-refractivity contribution is 5.80. The number of nitrogens with one attached hydrogen (secondary N) is 2. The number of aliphatic imine (C=N–C) groups is 1. The first kappa shape index (κ1) is 19.2. The van der Waals surface area contributed by atoms with Gasteiger partial charge in [-0.25, -0.2) is 4.39 Å². The monoisotopic (exact) mass is 325 g/mol. The lowest BCUT2D eigenvalue weighted by Gasteiger charge is -2.16. The van der Waals surface area contributed by atoms with Crippen molar-refractivity contribution in [1.82, 2.24) is 10.6 Å². The van der Waals surface area contributed by atoms with E-state index < -0.39 is 0 Å². The van der Waals surface area contributed by atoms with Crippen molar-refractivity contribution >= 4 is 5.96 Å². The van der Waals surface area contributed by atoms with Crippen LogP contribution in [0, 0.1) is 5.82 Å². The average Bonchev–Trinajstić information content (AvgIpc) is 2.52. The molecule has 0 aliphatic carbocycles. The van der Waals surface area contributed by atoms with E-state index in [0.717, 1.165) is 31.9 Å². The third kappa shape index (κ3) is 9.03. The van der Waals surface area contributed by atoms with E-state index in [0.29, 0.717) is 19.0 Å². The molecular weight excluding hydrogens is 297 g/mol. The van der Waals surface area contributed by atoms with E-state index in [1.165, 1.54) is 12.1 Å². The molecule has 0 aliphatic rings. The van der Waals surface area contributed by atoms with Crippen LogP contribution < -0.4 is 15.4 Å². The molecule has 1 rings (SSSR count). The molecule has 0 saturated carbocycles. The molecule has 0 aromatic heterocycles. The van der Waals surface area contributed by atoms with Crippen LogP contribution in [0.2, 0.25) is 0 Å². The molecule has 0 fully saturated rings. The van der Waals surface area contributed by atoms with Crippen LogP contribution in [0.4, 0.5) is 4.39 Å². The molecule has 5 nitrogen and oxygen atoms in total. The Morgan fingerprint density at radius 1 is 1.26 bits per heavy atom. The molecule has 6 heteroatoms. The van der Waals surface area contributed by atoms with Crippen LogP contribution in [-0.4, -0.2) is 45.4 Å². The first-order valence-electron chi connectivity index (χ1n) is 8.07. The van der Waals surface area contributed by atoms with E-state index in [2.05, 4.69) is 15.6 Å². The summed E-state index contributed by atoms with van der Waals surface area (Å²) >= 11 is 0. The van der Waals surface area contributed by atoms with Crippen molar-refractivity contribution in [3.05, 3.63) is 30.1 Å². The molecule has 0 saturated heterocycles. The number of ether oxygens (including phenoxy) is 2. The Labute approximate surface area is 138 Å². The molecule has 0 heterocycles. The molecule has 0 spiro atoms. The van der Waals surface area contributed by atoms with Crippen LogP contribution in [0.5, 0.6) is 5.75 Å². The number of nitrogens with zero attached hydrogens (tertiary/aromatic N) is 1. The standard InChI is InChI=1S/C17H28FN3O2/c1-4-19-17(21-14(2)13-22-3)20-11-5-6-12-23-16-9-7-15(18)8-10-16/h7-10,14H,4-6,11-13H2,1-3H3,(H2,19,20,21).